The van der Waals surface area contributed by atoms with Crippen molar-refractivity contribution in [1.82, 2.24) is 4.90 Å². The average molecular weight is 422 g/mol. The zero-order valence-electron chi connectivity index (χ0n) is 17.5. The Hall–Kier alpha value is -2.08. The zero-order valence-corrected chi connectivity index (χ0v) is 17.5. The van der Waals surface area contributed by atoms with Crippen LogP contribution in [-0.4, -0.2) is 31.1 Å². The molecule has 6 heteroatoms. The molecule has 0 spiro atoms. The fraction of sp³-hybridized carbons (Fsp3) is 0.542. The van der Waals surface area contributed by atoms with Gasteiger partial charge in [0.25, 0.3) is 5.91 Å². The summed E-state index contributed by atoms with van der Waals surface area (Å²) in [5, 5.41) is 0. The first-order chi connectivity index (χ1) is 14.4. The number of carbonyl (C=O) groups excluding carboxylic acids is 1. The van der Waals surface area contributed by atoms with Crippen molar-refractivity contribution in [2.45, 2.75) is 51.1 Å². The molecule has 1 unspecified atom stereocenters. The number of carbonyl (C=O) groups is 1. The van der Waals surface area contributed by atoms with Crippen LogP contribution in [0.15, 0.2) is 48.2 Å². The van der Waals surface area contributed by atoms with Crippen molar-refractivity contribution in [3.05, 3.63) is 59.3 Å². The fourth-order valence-electron chi connectivity index (χ4n) is 4.45. The summed E-state index contributed by atoms with van der Waals surface area (Å²) >= 11 is 0. The van der Waals surface area contributed by atoms with E-state index in [1.807, 2.05) is 18.2 Å². The second-order valence-electron chi connectivity index (χ2n) is 8.28. The lowest BCUT2D eigenvalue weighted by atomic mass is 9.94. The van der Waals surface area contributed by atoms with Gasteiger partial charge in [0.1, 0.15) is 0 Å². The lowest BCUT2D eigenvalue weighted by Gasteiger charge is -2.32. The van der Waals surface area contributed by atoms with E-state index in [9.17, 15) is 18.0 Å². The quantitative estimate of drug-likeness (QED) is 0.510. The Balaban J connectivity index is 1.92. The Morgan fingerprint density at radius 2 is 1.83 bits per heavy atom. The summed E-state index contributed by atoms with van der Waals surface area (Å²) in [4.78, 5) is 15.1. The van der Waals surface area contributed by atoms with Gasteiger partial charge in [0, 0.05) is 25.3 Å². The van der Waals surface area contributed by atoms with Crippen LogP contribution < -0.4 is 0 Å². The summed E-state index contributed by atoms with van der Waals surface area (Å²) in [7, 11) is 1.62. The van der Waals surface area contributed by atoms with Crippen molar-refractivity contribution >= 4 is 5.91 Å². The van der Waals surface area contributed by atoms with Crippen molar-refractivity contribution < 1.29 is 22.7 Å². The van der Waals surface area contributed by atoms with E-state index in [0.29, 0.717) is 25.5 Å². The highest BCUT2D eigenvalue weighted by Gasteiger charge is 2.37. The molecular formula is C24H30F3NO2. The standard InChI is InChI=1S/C24H30F3NO2/c1-30-17-19-11-8-12-20(15-19)28(16-18-9-4-2-3-5-10-18)23(29)21-13-6-7-14-22(21)24(25,26)27/h6-8,11-14,18-19H,2-5,9-10,15-17H2,1H3. The molecule has 1 atom stereocenters. The van der Waals surface area contributed by atoms with Crippen molar-refractivity contribution in [2.24, 2.45) is 11.8 Å². The second kappa shape index (κ2) is 10.3. The monoisotopic (exact) mass is 421 g/mol. The third-order valence-electron chi connectivity index (χ3n) is 5.99. The number of hydrogen-bond donors (Lipinski definition) is 0. The molecule has 0 saturated heterocycles. The molecule has 0 bridgehead atoms. The molecular weight excluding hydrogens is 391 g/mol. The highest BCUT2D eigenvalue weighted by atomic mass is 19.4. The molecule has 1 fully saturated rings. The van der Waals surface area contributed by atoms with Crippen LogP contribution in [0.3, 0.4) is 0 Å². The Labute approximate surface area is 176 Å². The first-order valence-corrected chi connectivity index (χ1v) is 10.7. The molecule has 30 heavy (non-hydrogen) atoms. The number of hydrogen-bond acceptors (Lipinski definition) is 2. The molecule has 1 aromatic rings. The molecule has 0 aliphatic heterocycles. The molecule has 2 aliphatic carbocycles. The van der Waals surface area contributed by atoms with Gasteiger partial charge in [-0.25, -0.2) is 0 Å². The molecule has 0 N–H and O–H groups in total. The van der Waals surface area contributed by atoms with E-state index in [2.05, 4.69) is 0 Å². The Morgan fingerprint density at radius 1 is 1.13 bits per heavy atom. The normalized spacial score (nSPS) is 20.5. The third kappa shape index (κ3) is 5.75. The van der Waals surface area contributed by atoms with Gasteiger partial charge in [-0.1, -0.05) is 50.0 Å². The van der Waals surface area contributed by atoms with E-state index in [-0.39, 0.29) is 11.5 Å². The van der Waals surface area contributed by atoms with Crippen LogP contribution >= 0.6 is 0 Å². The molecule has 2 aliphatic rings. The molecule has 3 nitrogen and oxygen atoms in total. The summed E-state index contributed by atoms with van der Waals surface area (Å²) < 4.78 is 46.0. The topological polar surface area (TPSA) is 29.5 Å². The molecule has 164 valence electrons. The van der Waals surface area contributed by atoms with E-state index in [1.54, 1.807) is 12.0 Å². The van der Waals surface area contributed by atoms with Gasteiger partial charge in [0.05, 0.1) is 17.7 Å². The molecule has 3 rings (SSSR count). The van der Waals surface area contributed by atoms with Crippen LogP contribution in [0.25, 0.3) is 0 Å². The third-order valence-corrected chi connectivity index (χ3v) is 5.99. The van der Waals surface area contributed by atoms with Gasteiger partial charge in [-0.05, 0) is 43.4 Å². The lowest BCUT2D eigenvalue weighted by Crippen LogP contribution is -2.37. The maximum Gasteiger partial charge on any atom is 0.417 e. The summed E-state index contributed by atoms with van der Waals surface area (Å²) in [6.07, 6.45) is 8.37. The number of nitrogens with zero attached hydrogens (tertiary/aromatic N) is 1. The molecule has 1 aromatic carbocycles. The predicted molar refractivity (Wildman–Crippen MR) is 111 cm³/mol. The van der Waals surface area contributed by atoms with Gasteiger partial charge in [-0.15, -0.1) is 0 Å². The average Bonchev–Trinajstić information content (AvgIpc) is 3.00. The molecule has 0 radical (unpaired) electrons. The number of allylic oxidation sites excluding steroid dienone is 3. The first kappa shape index (κ1) is 22.6. The van der Waals surface area contributed by atoms with E-state index < -0.39 is 17.6 Å². The number of halogens is 3. The molecule has 1 saturated carbocycles. The van der Waals surface area contributed by atoms with Crippen LogP contribution in [-0.2, 0) is 10.9 Å². The van der Waals surface area contributed by atoms with Gasteiger partial charge < -0.3 is 9.64 Å². The SMILES string of the molecule is COCC1C=CC=C(N(CC2CCCCCC2)C(=O)c2ccccc2C(F)(F)F)C1. The molecule has 0 aromatic heterocycles. The highest BCUT2D eigenvalue weighted by Crippen LogP contribution is 2.34. The van der Waals surface area contributed by atoms with Crippen LogP contribution in [0.2, 0.25) is 0 Å². The maximum atomic E-state index is 13.6. The maximum absolute atomic E-state index is 13.6. The number of ether oxygens (including phenoxy) is 1. The Morgan fingerprint density at radius 3 is 2.50 bits per heavy atom. The van der Waals surface area contributed by atoms with Crippen molar-refractivity contribution in [3.8, 4) is 0 Å². The summed E-state index contributed by atoms with van der Waals surface area (Å²) in [5.74, 6) is -0.149. The van der Waals surface area contributed by atoms with Gasteiger partial charge in [0.2, 0.25) is 0 Å². The van der Waals surface area contributed by atoms with Crippen LogP contribution in [0, 0.1) is 11.8 Å². The first-order valence-electron chi connectivity index (χ1n) is 10.7. The molecule has 1 amide bonds. The van der Waals surface area contributed by atoms with E-state index in [0.717, 1.165) is 37.4 Å². The van der Waals surface area contributed by atoms with Crippen molar-refractivity contribution in [3.63, 3.8) is 0 Å². The smallest absolute Gasteiger partial charge is 0.384 e. The van der Waals surface area contributed by atoms with Crippen molar-refractivity contribution in [2.75, 3.05) is 20.3 Å². The summed E-state index contributed by atoms with van der Waals surface area (Å²) in [6.45, 7) is 0.975. The number of alkyl halides is 3. The van der Waals surface area contributed by atoms with E-state index >= 15 is 0 Å². The number of methoxy groups -OCH3 is 1. The zero-order chi connectivity index (χ0) is 21.6. The number of benzene rings is 1. The van der Waals surface area contributed by atoms with E-state index in [1.165, 1.54) is 31.0 Å². The van der Waals surface area contributed by atoms with Crippen molar-refractivity contribution in [1.29, 1.82) is 0 Å². The highest BCUT2D eigenvalue weighted by molar-refractivity contribution is 5.97. The minimum atomic E-state index is -4.57. The van der Waals surface area contributed by atoms with Gasteiger partial charge in [-0.2, -0.15) is 13.2 Å². The van der Waals surface area contributed by atoms with Crippen LogP contribution in [0.5, 0.6) is 0 Å². The van der Waals surface area contributed by atoms with E-state index in [4.69, 9.17) is 4.74 Å². The number of amides is 1. The molecule has 0 heterocycles. The fourth-order valence-corrected chi connectivity index (χ4v) is 4.45. The minimum absolute atomic E-state index is 0.109. The predicted octanol–water partition coefficient (Wildman–Crippen LogP) is 6.22. The lowest BCUT2D eigenvalue weighted by molar-refractivity contribution is -0.138. The van der Waals surface area contributed by atoms with Crippen LogP contribution in [0.1, 0.15) is 60.9 Å². The Bertz CT molecular complexity index is 777. The Kier molecular flexibility index (Phi) is 7.75. The largest absolute Gasteiger partial charge is 0.417 e. The summed E-state index contributed by atoms with van der Waals surface area (Å²) in [5.41, 5.74) is -0.385. The minimum Gasteiger partial charge on any atom is -0.384 e. The van der Waals surface area contributed by atoms with Gasteiger partial charge in [0.15, 0.2) is 0 Å². The number of rotatable bonds is 6. The van der Waals surface area contributed by atoms with Gasteiger partial charge >= 0.3 is 6.18 Å². The van der Waals surface area contributed by atoms with Crippen LogP contribution in [0.4, 0.5) is 13.2 Å². The van der Waals surface area contributed by atoms with Gasteiger partial charge in [-0.3, -0.25) is 4.79 Å². The second-order valence-corrected chi connectivity index (χ2v) is 8.28. The summed E-state index contributed by atoms with van der Waals surface area (Å²) in [6, 6.07) is 5.10.